The van der Waals surface area contributed by atoms with Crippen LogP contribution in [-0.4, -0.2) is 76.9 Å². The summed E-state index contributed by atoms with van der Waals surface area (Å²) in [5.74, 6) is 0.817. The Hall–Kier alpha value is -1.16. The Balaban J connectivity index is 1.66. The van der Waals surface area contributed by atoms with Crippen LogP contribution in [0.25, 0.3) is 0 Å². The van der Waals surface area contributed by atoms with Crippen molar-refractivity contribution in [3.63, 3.8) is 0 Å². The molecule has 2 aliphatic heterocycles. The molecule has 0 radical (unpaired) electrons. The van der Waals surface area contributed by atoms with E-state index in [1.165, 1.54) is 11.4 Å². The van der Waals surface area contributed by atoms with Crippen molar-refractivity contribution in [3.8, 4) is 5.75 Å². The first-order valence-electron chi connectivity index (χ1n) is 8.41. The molecule has 0 amide bonds. The number of methoxy groups -OCH3 is 1. The van der Waals surface area contributed by atoms with Crippen LogP contribution >= 0.6 is 0 Å². The zero-order valence-corrected chi connectivity index (χ0v) is 15.9. The van der Waals surface area contributed by atoms with Gasteiger partial charge in [0.05, 0.1) is 18.6 Å². The number of rotatable bonds is 4. The van der Waals surface area contributed by atoms with E-state index in [2.05, 4.69) is 4.90 Å². The summed E-state index contributed by atoms with van der Waals surface area (Å²) < 4.78 is 55.6. The third kappa shape index (κ3) is 3.99. The van der Waals surface area contributed by atoms with Crippen LogP contribution in [0.4, 0.5) is 0 Å². The first-order valence-corrected chi connectivity index (χ1v) is 11.7. The van der Waals surface area contributed by atoms with Crippen LogP contribution in [0.1, 0.15) is 12.8 Å². The van der Waals surface area contributed by atoms with E-state index < -0.39 is 19.9 Å². The molecule has 0 bridgehead atoms. The lowest BCUT2D eigenvalue weighted by atomic mass is 10.1. The molecule has 0 spiro atoms. The SMILES string of the molecule is COc1ccccc1S(=O)(=O)N1CCN(C2CCS(=O)(=O)CC2)CC1. The van der Waals surface area contributed by atoms with Gasteiger partial charge in [-0.25, -0.2) is 16.8 Å². The number of piperazine rings is 1. The van der Waals surface area contributed by atoms with Gasteiger partial charge in [-0.05, 0) is 25.0 Å². The maximum absolute atomic E-state index is 12.9. The topological polar surface area (TPSA) is 84.0 Å². The van der Waals surface area contributed by atoms with Crippen molar-refractivity contribution in [2.75, 3.05) is 44.8 Å². The predicted octanol–water partition coefficient (Wildman–Crippen LogP) is 0.579. The molecule has 2 saturated heterocycles. The van der Waals surface area contributed by atoms with Crippen LogP contribution < -0.4 is 4.74 Å². The highest BCUT2D eigenvalue weighted by Crippen LogP contribution is 2.28. The van der Waals surface area contributed by atoms with Crippen LogP contribution in [0, 0.1) is 0 Å². The van der Waals surface area contributed by atoms with Gasteiger partial charge in [-0.15, -0.1) is 0 Å². The third-order valence-electron chi connectivity index (χ3n) is 5.00. The summed E-state index contributed by atoms with van der Waals surface area (Å²) in [5, 5.41) is 0. The molecule has 7 nitrogen and oxygen atoms in total. The number of nitrogens with zero attached hydrogens (tertiary/aromatic N) is 2. The molecule has 0 saturated carbocycles. The maximum Gasteiger partial charge on any atom is 0.246 e. The summed E-state index contributed by atoms with van der Waals surface area (Å²) in [4.78, 5) is 2.41. The molecule has 2 aliphatic rings. The summed E-state index contributed by atoms with van der Waals surface area (Å²) in [5.41, 5.74) is 0. The fraction of sp³-hybridized carbons (Fsp3) is 0.625. The molecule has 25 heavy (non-hydrogen) atoms. The number of hydrogen-bond donors (Lipinski definition) is 0. The predicted molar refractivity (Wildman–Crippen MR) is 95.0 cm³/mol. The Morgan fingerprint density at radius 2 is 1.64 bits per heavy atom. The second-order valence-corrected chi connectivity index (χ2v) is 10.7. The molecule has 2 heterocycles. The molecule has 2 fully saturated rings. The van der Waals surface area contributed by atoms with Crippen molar-refractivity contribution in [1.82, 2.24) is 9.21 Å². The lowest BCUT2D eigenvalue weighted by molar-refractivity contribution is 0.129. The molecule has 1 aromatic rings. The third-order valence-corrected chi connectivity index (χ3v) is 8.65. The summed E-state index contributed by atoms with van der Waals surface area (Å²) in [6.45, 7) is 2.06. The quantitative estimate of drug-likeness (QED) is 0.750. The maximum atomic E-state index is 12.9. The Morgan fingerprint density at radius 3 is 2.24 bits per heavy atom. The lowest BCUT2D eigenvalue weighted by Gasteiger charge is -2.40. The normalized spacial score (nSPS) is 23.4. The molecule has 0 aromatic heterocycles. The molecule has 0 atom stereocenters. The zero-order chi connectivity index (χ0) is 18.1. The summed E-state index contributed by atoms with van der Waals surface area (Å²) >= 11 is 0. The van der Waals surface area contributed by atoms with Crippen molar-refractivity contribution in [2.24, 2.45) is 0 Å². The second kappa shape index (κ2) is 7.22. The summed E-state index contributed by atoms with van der Waals surface area (Å²) in [6, 6.07) is 6.87. The standard InChI is InChI=1S/C16H24N2O5S2/c1-23-15-4-2-3-5-16(15)25(21,22)18-10-8-17(9-11-18)14-6-12-24(19,20)13-7-14/h2-5,14H,6-13H2,1H3. The highest BCUT2D eigenvalue weighted by molar-refractivity contribution is 7.91. The Labute approximate surface area is 149 Å². The number of sulfone groups is 1. The molecule has 0 unspecified atom stereocenters. The smallest absolute Gasteiger partial charge is 0.246 e. The molecular formula is C16H24N2O5S2. The Kier molecular flexibility index (Phi) is 5.38. The van der Waals surface area contributed by atoms with Gasteiger partial charge < -0.3 is 4.74 Å². The first-order chi connectivity index (χ1) is 11.8. The van der Waals surface area contributed by atoms with Gasteiger partial charge in [-0.1, -0.05) is 12.1 Å². The van der Waals surface area contributed by atoms with Crippen molar-refractivity contribution in [2.45, 2.75) is 23.8 Å². The van der Waals surface area contributed by atoms with Crippen LogP contribution in [0.5, 0.6) is 5.75 Å². The first kappa shape index (κ1) is 18.6. The van der Waals surface area contributed by atoms with Crippen molar-refractivity contribution in [1.29, 1.82) is 0 Å². The van der Waals surface area contributed by atoms with Crippen LogP contribution in [-0.2, 0) is 19.9 Å². The largest absolute Gasteiger partial charge is 0.495 e. The minimum atomic E-state index is -3.59. The van der Waals surface area contributed by atoms with Gasteiger partial charge in [-0.2, -0.15) is 4.31 Å². The molecule has 9 heteroatoms. The fourth-order valence-electron chi connectivity index (χ4n) is 3.52. The molecule has 3 rings (SSSR count). The average Bonchev–Trinajstić information content (AvgIpc) is 2.62. The van der Waals surface area contributed by atoms with Gasteiger partial charge in [-0.3, -0.25) is 4.90 Å². The van der Waals surface area contributed by atoms with E-state index in [0.29, 0.717) is 44.8 Å². The number of para-hydroxylation sites is 1. The number of hydrogen-bond acceptors (Lipinski definition) is 6. The average molecular weight is 389 g/mol. The Bertz CT molecular complexity index is 801. The molecule has 0 N–H and O–H groups in total. The van der Waals surface area contributed by atoms with Crippen molar-refractivity contribution < 1.29 is 21.6 Å². The van der Waals surface area contributed by atoms with Crippen molar-refractivity contribution in [3.05, 3.63) is 24.3 Å². The van der Waals surface area contributed by atoms with Crippen LogP contribution in [0.3, 0.4) is 0 Å². The minimum Gasteiger partial charge on any atom is -0.495 e. The van der Waals surface area contributed by atoms with E-state index in [1.54, 1.807) is 24.3 Å². The van der Waals surface area contributed by atoms with Gasteiger partial charge in [0.15, 0.2) is 0 Å². The van der Waals surface area contributed by atoms with Gasteiger partial charge in [0.25, 0.3) is 0 Å². The second-order valence-electron chi connectivity index (χ2n) is 6.47. The van der Waals surface area contributed by atoms with E-state index in [4.69, 9.17) is 4.74 Å². The number of benzene rings is 1. The summed E-state index contributed by atoms with van der Waals surface area (Å²) in [6.07, 6.45) is 1.28. The highest BCUT2D eigenvalue weighted by Gasteiger charge is 2.34. The van der Waals surface area contributed by atoms with Gasteiger partial charge in [0.2, 0.25) is 10.0 Å². The summed E-state index contributed by atoms with van der Waals surface area (Å²) in [7, 11) is -5.01. The van der Waals surface area contributed by atoms with Crippen LogP contribution in [0.2, 0.25) is 0 Å². The van der Waals surface area contributed by atoms with E-state index in [9.17, 15) is 16.8 Å². The van der Waals surface area contributed by atoms with Crippen molar-refractivity contribution >= 4 is 19.9 Å². The molecular weight excluding hydrogens is 364 g/mol. The van der Waals surface area contributed by atoms with E-state index in [-0.39, 0.29) is 22.4 Å². The number of sulfonamides is 1. The van der Waals surface area contributed by atoms with E-state index in [0.717, 1.165) is 0 Å². The van der Waals surface area contributed by atoms with E-state index in [1.807, 2.05) is 0 Å². The zero-order valence-electron chi connectivity index (χ0n) is 14.3. The van der Waals surface area contributed by atoms with Gasteiger partial charge >= 0.3 is 0 Å². The fourth-order valence-corrected chi connectivity index (χ4v) is 6.57. The highest BCUT2D eigenvalue weighted by atomic mass is 32.2. The number of ether oxygens (including phenoxy) is 1. The molecule has 1 aromatic carbocycles. The van der Waals surface area contributed by atoms with Gasteiger partial charge in [0.1, 0.15) is 20.5 Å². The lowest BCUT2D eigenvalue weighted by Crippen LogP contribution is -2.53. The van der Waals surface area contributed by atoms with Gasteiger partial charge in [0, 0.05) is 32.2 Å². The monoisotopic (exact) mass is 388 g/mol. The Morgan fingerprint density at radius 1 is 1.04 bits per heavy atom. The van der Waals surface area contributed by atoms with E-state index >= 15 is 0 Å². The minimum absolute atomic E-state index is 0.190. The van der Waals surface area contributed by atoms with Crippen LogP contribution in [0.15, 0.2) is 29.2 Å². The molecule has 140 valence electrons. The molecule has 0 aliphatic carbocycles.